The molecule has 0 saturated carbocycles. The summed E-state index contributed by atoms with van der Waals surface area (Å²) in [5, 5.41) is 18.8. The van der Waals surface area contributed by atoms with Crippen LogP contribution in [0, 0.1) is 22.7 Å². The number of rotatable bonds is 7. The van der Waals surface area contributed by atoms with Crippen LogP contribution < -0.4 is 0 Å². The van der Waals surface area contributed by atoms with Gasteiger partial charge in [0.2, 0.25) is 0 Å². The van der Waals surface area contributed by atoms with Gasteiger partial charge in [0, 0.05) is 12.5 Å². The maximum Gasteiger partial charge on any atom is 0.176 e. The van der Waals surface area contributed by atoms with Gasteiger partial charge in [-0.2, -0.15) is 10.5 Å². The van der Waals surface area contributed by atoms with Gasteiger partial charge in [-0.05, 0) is 106 Å². The van der Waals surface area contributed by atoms with E-state index >= 15 is 0 Å². The van der Waals surface area contributed by atoms with E-state index in [1.807, 2.05) is 12.1 Å². The molecule has 0 atom stereocenters. The molecule has 41 heavy (non-hydrogen) atoms. The highest BCUT2D eigenvalue weighted by atomic mass is 32.2. The quantitative estimate of drug-likeness (QED) is 0.449. The van der Waals surface area contributed by atoms with Crippen molar-refractivity contribution in [2.24, 2.45) is 0 Å². The smallest absolute Gasteiger partial charge is 0.176 e. The van der Waals surface area contributed by atoms with Crippen LogP contribution in [-0.2, 0) is 19.7 Å². The number of nitrogens with zero attached hydrogens (tertiary/aromatic N) is 4. The molecule has 8 nitrogen and oxygen atoms in total. The van der Waals surface area contributed by atoms with Gasteiger partial charge in [-0.15, -0.1) is 0 Å². The lowest BCUT2D eigenvalue weighted by atomic mass is 9.86. The van der Waals surface area contributed by atoms with Gasteiger partial charge in [0.1, 0.15) is 12.1 Å². The highest BCUT2D eigenvalue weighted by Gasteiger charge is 2.26. The summed E-state index contributed by atoms with van der Waals surface area (Å²) in [5.74, 6) is 0.573. The number of sulfone groups is 2. The lowest BCUT2D eigenvalue weighted by molar-refractivity contribution is 0.212. The molecule has 0 amide bonds. The molecule has 0 unspecified atom stereocenters. The number of benzene rings is 2. The lowest BCUT2D eigenvalue weighted by Crippen LogP contribution is -2.33. The van der Waals surface area contributed by atoms with E-state index < -0.39 is 19.7 Å². The Morgan fingerprint density at radius 2 is 1.10 bits per heavy atom. The molecule has 2 heterocycles. The van der Waals surface area contributed by atoms with E-state index in [4.69, 9.17) is 0 Å². The zero-order valence-electron chi connectivity index (χ0n) is 24.6. The average Bonchev–Trinajstić information content (AvgIpc) is 2.96. The first-order valence-corrected chi connectivity index (χ1v) is 18.1. The van der Waals surface area contributed by atoms with Crippen LogP contribution in [0.1, 0.15) is 80.0 Å². The van der Waals surface area contributed by atoms with Gasteiger partial charge in [-0.3, -0.25) is 0 Å². The van der Waals surface area contributed by atoms with E-state index in [9.17, 15) is 27.4 Å². The van der Waals surface area contributed by atoms with Crippen molar-refractivity contribution in [1.82, 2.24) is 9.80 Å². The minimum absolute atomic E-state index is 0.162. The maximum absolute atomic E-state index is 11.8. The fourth-order valence-electron chi connectivity index (χ4n) is 5.98. The van der Waals surface area contributed by atoms with E-state index in [0.717, 1.165) is 95.0 Å². The van der Waals surface area contributed by atoms with Gasteiger partial charge in [0.25, 0.3) is 0 Å². The number of hydrogen-bond acceptors (Lipinski definition) is 8. The first-order valence-electron chi connectivity index (χ1n) is 14.3. The van der Waals surface area contributed by atoms with Crippen molar-refractivity contribution < 1.29 is 16.8 Å². The van der Waals surface area contributed by atoms with E-state index in [1.165, 1.54) is 12.1 Å². The molecule has 0 spiro atoms. The predicted molar refractivity (Wildman–Crippen MR) is 161 cm³/mol. The van der Waals surface area contributed by atoms with Gasteiger partial charge in [-0.25, -0.2) is 16.8 Å². The first kappa shape index (κ1) is 32.8. The molecule has 222 valence electrons. The molecule has 2 aromatic rings. The number of piperidine rings is 2. The SMILES string of the molecule is CCCN1CCC(c2cccc(S(C)(=O)=O)c2C#N)CC1.CCN1CCC(c2cccc(S(C)(=O)=O)c2C#N)CC1. The third kappa shape index (κ3) is 8.39. The molecule has 2 fully saturated rings. The molecule has 2 aliphatic heterocycles. The Balaban J connectivity index is 0.000000226. The third-order valence-electron chi connectivity index (χ3n) is 8.18. The number of nitriles is 2. The van der Waals surface area contributed by atoms with Crippen molar-refractivity contribution in [2.75, 3.05) is 51.8 Å². The predicted octanol–water partition coefficient (Wildman–Crippen LogP) is 4.71. The van der Waals surface area contributed by atoms with Crippen LogP contribution in [0.2, 0.25) is 0 Å². The molecule has 2 aromatic carbocycles. The second-order valence-electron chi connectivity index (χ2n) is 11.0. The highest BCUT2D eigenvalue weighted by Crippen LogP contribution is 2.34. The summed E-state index contributed by atoms with van der Waals surface area (Å²) >= 11 is 0. The average molecular weight is 599 g/mol. The van der Waals surface area contributed by atoms with E-state index in [1.54, 1.807) is 12.1 Å². The van der Waals surface area contributed by atoms with Crippen LogP contribution in [0.25, 0.3) is 0 Å². The minimum Gasteiger partial charge on any atom is -0.304 e. The normalized spacial score (nSPS) is 17.7. The second-order valence-corrected chi connectivity index (χ2v) is 15.0. The molecular weight excluding hydrogens is 556 g/mol. The Labute approximate surface area is 246 Å². The Bertz CT molecular complexity index is 1490. The lowest BCUT2D eigenvalue weighted by Gasteiger charge is -2.32. The Morgan fingerprint density at radius 3 is 1.41 bits per heavy atom. The summed E-state index contributed by atoms with van der Waals surface area (Å²) in [4.78, 5) is 5.14. The van der Waals surface area contributed by atoms with Crippen molar-refractivity contribution in [3.63, 3.8) is 0 Å². The van der Waals surface area contributed by atoms with E-state index in [-0.39, 0.29) is 21.6 Å². The fraction of sp³-hybridized carbons (Fsp3) is 0.548. The minimum atomic E-state index is -3.36. The third-order valence-corrected chi connectivity index (χ3v) is 10.5. The molecule has 4 rings (SSSR count). The summed E-state index contributed by atoms with van der Waals surface area (Å²) in [5.41, 5.74) is 2.47. The Hall–Kier alpha value is -2.76. The molecule has 0 bridgehead atoms. The Kier molecular flexibility index (Phi) is 11.5. The van der Waals surface area contributed by atoms with Crippen LogP contribution >= 0.6 is 0 Å². The summed E-state index contributed by atoms with van der Waals surface area (Å²) in [6, 6.07) is 14.6. The van der Waals surface area contributed by atoms with Gasteiger partial charge >= 0.3 is 0 Å². The molecule has 0 radical (unpaired) electrons. The van der Waals surface area contributed by atoms with Crippen molar-refractivity contribution in [1.29, 1.82) is 10.5 Å². The summed E-state index contributed by atoms with van der Waals surface area (Å²) < 4.78 is 47.2. The molecule has 0 aromatic heterocycles. The first-order chi connectivity index (χ1) is 19.4. The molecular formula is C31H42N4O4S2. The van der Waals surface area contributed by atoms with Crippen LogP contribution in [0.3, 0.4) is 0 Å². The van der Waals surface area contributed by atoms with Crippen molar-refractivity contribution in [3.8, 4) is 12.1 Å². The van der Waals surface area contributed by atoms with Gasteiger partial charge in [0.15, 0.2) is 19.7 Å². The van der Waals surface area contributed by atoms with Gasteiger partial charge in [0.05, 0.1) is 20.9 Å². The van der Waals surface area contributed by atoms with Crippen LogP contribution in [0.15, 0.2) is 46.2 Å². The van der Waals surface area contributed by atoms with Crippen molar-refractivity contribution >= 4 is 19.7 Å². The molecule has 0 N–H and O–H groups in total. The van der Waals surface area contributed by atoms with E-state index in [2.05, 4.69) is 35.8 Å². The summed E-state index contributed by atoms with van der Waals surface area (Å²) in [6.07, 6.45) is 7.41. The maximum atomic E-state index is 11.8. The highest BCUT2D eigenvalue weighted by molar-refractivity contribution is 7.91. The fourth-order valence-corrected chi connectivity index (χ4v) is 7.70. The molecule has 2 aliphatic rings. The second kappa shape index (κ2) is 14.4. The van der Waals surface area contributed by atoms with Crippen molar-refractivity contribution in [3.05, 3.63) is 58.7 Å². The standard InChI is InChI=1S/C16H22N2O2S.C15H20N2O2S/c1-3-9-18-10-7-13(8-11-18)14-5-4-6-16(15(14)12-17)21(2,19)20;1-3-17-9-7-12(8-10-17)13-5-4-6-15(14(13)11-16)20(2,18)19/h4-6,13H,3,7-11H2,1-2H3;4-6,12H,3,7-10H2,1-2H3. The molecule has 2 saturated heterocycles. The Morgan fingerprint density at radius 1 is 0.707 bits per heavy atom. The van der Waals surface area contributed by atoms with Gasteiger partial charge < -0.3 is 9.80 Å². The monoisotopic (exact) mass is 598 g/mol. The van der Waals surface area contributed by atoms with Crippen molar-refractivity contribution in [2.45, 2.75) is 67.6 Å². The summed E-state index contributed by atoms with van der Waals surface area (Å²) in [6.45, 7) is 10.5. The van der Waals surface area contributed by atoms with Gasteiger partial charge in [-0.1, -0.05) is 38.1 Å². The molecule has 0 aliphatic carbocycles. The largest absolute Gasteiger partial charge is 0.304 e. The number of hydrogen-bond donors (Lipinski definition) is 0. The molecule has 10 heteroatoms. The zero-order valence-corrected chi connectivity index (χ0v) is 26.3. The van der Waals surface area contributed by atoms with E-state index in [0.29, 0.717) is 11.1 Å². The van der Waals surface area contributed by atoms with Crippen LogP contribution in [0.4, 0.5) is 0 Å². The van der Waals surface area contributed by atoms with Crippen LogP contribution in [0.5, 0.6) is 0 Å². The summed E-state index contributed by atoms with van der Waals surface area (Å²) in [7, 11) is -6.71. The number of likely N-dealkylation sites (tertiary alicyclic amines) is 2. The van der Waals surface area contributed by atoms with Crippen LogP contribution in [-0.4, -0.2) is 78.4 Å². The zero-order chi connectivity index (χ0) is 30.2. The topological polar surface area (TPSA) is 122 Å².